The van der Waals surface area contributed by atoms with Gasteiger partial charge in [0, 0.05) is 21.8 Å². The summed E-state index contributed by atoms with van der Waals surface area (Å²) in [5.41, 5.74) is 0. The van der Waals surface area contributed by atoms with Gasteiger partial charge in [0.2, 0.25) is 0 Å². The standard InChI is InChI=1S/C8H9Br2NS/c9-4-1-5-12-8-3-2-7(10)6-11-8/h2-3,6H,1,4-5H2. The van der Waals surface area contributed by atoms with Crippen molar-refractivity contribution in [3.05, 3.63) is 22.8 Å². The average molecular weight is 311 g/mol. The predicted octanol–water partition coefficient (Wildman–Crippen LogP) is 3.72. The molecule has 0 amide bonds. The van der Waals surface area contributed by atoms with Gasteiger partial charge in [-0.05, 0) is 34.5 Å². The SMILES string of the molecule is BrCCCSc1ccc(Br)cn1. The molecule has 0 spiro atoms. The summed E-state index contributed by atoms with van der Waals surface area (Å²) in [7, 11) is 0. The number of pyridine rings is 1. The Bertz CT molecular complexity index is 225. The van der Waals surface area contributed by atoms with Gasteiger partial charge in [-0.2, -0.15) is 0 Å². The Morgan fingerprint density at radius 1 is 1.42 bits per heavy atom. The van der Waals surface area contributed by atoms with E-state index in [2.05, 4.69) is 36.8 Å². The van der Waals surface area contributed by atoms with Gasteiger partial charge in [0.25, 0.3) is 0 Å². The van der Waals surface area contributed by atoms with E-state index in [-0.39, 0.29) is 0 Å². The molecule has 0 aliphatic rings. The molecule has 0 aromatic carbocycles. The lowest BCUT2D eigenvalue weighted by Gasteiger charge is -1.98. The van der Waals surface area contributed by atoms with E-state index in [9.17, 15) is 0 Å². The van der Waals surface area contributed by atoms with Crippen molar-refractivity contribution in [2.24, 2.45) is 0 Å². The first-order valence-corrected chi connectivity index (χ1v) is 6.53. The molecule has 12 heavy (non-hydrogen) atoms. The van der Waals surface area contributed by atoms with E-state index in [4.69, 9.17) is 0 Å². The lowest BCUT2D eigenvalue weighted by atomic mass is 10.5. The number of thioether (sulfide) groups is 1. The smallest absolute Gasteiger partial charge is 0.0960 e. The second-order valence-electron chi connectivity index (χ2n) is 2.21. The van der Waals surface area contributed by atoms with E-state index in [1.165, 1.54) is 6.42 Å². The van der Waals surface area contributed by atoms with Crippen molar-refractivity contribution in [3.8, 4) is 0 Å². The van der Waals surface area contributed by atoms with E-state index in [1.807, 2.05) is 18.3 Å². The molecule has 1 aromatic rings. The molecule has 0 unspecified atom stereocenters. The maximum absolute atomic E-state index is 4.25. The molecule has 0 bridgehead atoms. The second-order valence-corrected chi connectivity index (χ2v) is 5.03. The summed E-state index contributed by atoms with van der Waals surface area (Å²) in [6.45, 7) is 0. The van der Waals surface area contributed by atoms with E-state index >= 15 is 0 Å². The molecular weight excluding hydrogens is 302 g/mol. The molecule has 0 atom stereocenters. The molecule has 66 valence electrons. The molecule has 0 saturated heterocycles. The van der Waals surface area contributed by atoms with Gasteiger partial charge >= 0.3 is 0 Å². The highest BCUT2D eigenvalue weighted by Crippen LogP contribution is 2.18. The van der Waals surface area contributed by atoms with Crippen LogP contribution in [-0.4, -0.2) is 16.1 Å². The summed E-state index contributed by atoms with van der Waals surface area (Å²) in [6, 6.07) is 4.05. The first-order valence-electron chi connectivity index (χ1n) is 3.63. The van der Waals surface area contributed by atoms with Gasteiger partial charge in [-0.15, -0.1) is 11.8 Å². The number of hydrogen-bond donors (Lipinski definition) is 0. The van der Waals surface area contributed by atoms with Crippen LogP contribution in [0.3, 0.4) is 0 Å². The number of nitrogens with zero attached hydrogens (tertiary/aromatic N) is 1. The molecule has 0 aliphatic heterocycles. The van der Waals surface area contributed by atoms with Gasteiger partial charge in [-0.3, -0.25) is 0 Å². The normalized spacial score (nSPS) is 10.2. The number of alkyl halides is 1. The van der Waals surface area contributed by atoms with Crippen LogP contribution in [0.2, 0.25) is 0 Å². The summed E-state index contributed by atoms with van der Waals surface area (Å²) in [4.78, 5) is 4.25. The van der Waals surface area contributed by atoms with E-state index in [0.29, 0.717) is 0 Å². The molecule has 1 rings (SSSR count). The fraction of sp³-hybridized carbons (Fsp3) is 0.375. The molecule has 0 aliphatic carbocycles. The van der Waals surface area contributed by atoms with Crippen molar-refractivity contribution in [1.29, 1.82) is 0 Å². The number of rotatable bonds is 4. The molecule has 0 radical (unpaired) electrons. The first-order chi connectivity index (χ1) is 5.83. The summed E-state index contributed by atoms with van der Waals surface area (Å²) >= 11 is 8.53. The third-order valence-corrected chi connectivity index (χ3v) is 3.29. The minimum Gasteiger partial charge on any atom is -0.249 e. The number of hydrogen-bond acceptors (Lipinski definition) is 2. The number of aromatic nitrogens is 1. The quantitative estimate of drug-likeness (QED) is 0.477. The average Bonchev–Trinajstić information content (AvgIpc) is 2.09. The highest BCUT2D eigenvalue weighted by molar-refractivity contribution is 9.10. The van der Waals surface area contributed by atoms with Crippen molar-refractivity contribution in [1.82, 2.24) is 4.98 Å². The van der Waals surface area contributed by atoms with Crippen LogP contribution in [0.5, 0.6) is 0 Å². The molecule has 1 nitrogen and oxygen atoms in total. The van der Waals surface area contributed by atoms with Gasteiger partial charge in [-0.25, -0.2) is 4.98 Å². The highest BCUT2D eigenvalue weighted by Gasteiger charge is 1.94. The van der Waals surface area contributed by atoms with Crippen LogP contribution < -0.4 is 0 Å². The molecule has 0 N–H and O–H groups in total. The zero-order valence-electron chi connectivity index (χ0n) is 6.46. The van der Waals surface area contributed by atoms with Crippen molar-refractivity contribution < 1.29 is 0 Å². The van der Waals surface area contributed by atoms with Gasteiger partial charge in [-0.1, -0.05) is 15.9 Å². The fourth-order valence-corrected chi connectivity index (χ4v) is 2.35. The largest absolute Gasteiger partial charge is 0.249 e. The Morgan fingerprint density at radius 2 is 2.25 bits per heavy atom. The maximum atomic E-state index is 4.25. The Labute approximate surface area is 93.6 Å². The van der Waals surface area contributed by atoms with Crippen LogP contribution in [0, 0.1) is 0 Å². The van der Waals surface area contributed by atoms with Crippen molar-refractivity contribution in [2.45, 2.75) is 11.4 Å². The van der Waals surface area contributed by atoms with E-state index < -0.39 is 0 Å². The highest BCUT2D eigenvalue weighted by atomic mass is 79.9. The van der Waals surface area contributed by atoms with Crippen LogP contribution in [0.15, 0.2) is 27.8 Å². The molecule has 0 fully saturated rings. The Hall–Kier alpha value is 0.460. The third-order valence-electron chi connectivity index (χ3n) is 1.23. The van der Waals surface area contributed by atoms with Crippen LogP contribution in [-0.2, 0) is 0 Å². The monoisotopic (exact) mass is 309 g/mol. The fourth-order valence-electron chi connectivity index (χ4n) is 0.679. The van der Waals surface area contributed by atoms with Crippen LogP contribution in [0.25, 0.3) is 0 Å². The first kappa shape index (κ1) is 10.5. The second kappa shape index (κ2) is 6.00. The van der Waals surface area contributed by atoms with Crippen LogP contribution in [0.1, 0.15) is 6.42 Å². The van der Waals surface area contributed by atoms with Gasteiger partial charge in [0.05, 0.1) is 5.03 Å². The predicted molar refractivity (Wildman–Crippen MR) is 61.1 cm³/mol. The molecule has 0 saturated carbocycles. The Morgan fingerprint density at radius 3 is 2.83 bits per heavy atom. The summed E-state index contributed by atoms with van der Waals surface area (Å²) in [5.74, 6) is 1.12. The lowest BCUT2D eigenvalue weighted by molar-refractivity contribution is 1.09. The van der Waals surface area contributed by atoms with Gasteiger partial charge < -0.3 is 0 Å². The molecule has 4 heteroatoms. The zero-order chi connectivity index (χ0) is 8.81. The van der Waals surface area contributed by atoms with Gasteiger partial charge in [0.15, 0.2) is 0 Å². The summed E-state index contributed by atoms with van der Waals surface area (Å²) in [6.07, 6.45) is 3.01. The summed E-state index contributed by atoms with van der Waals surface area (Å²) in [5, 5.41) is 2.16. The van der Waals surface area contributed by atoms with E-state index in [0.717, 1.165) is 20.6 Å². The lowest BCUT2D eigenvalue weighted by Crippen LogP contribution is -1.83. The third kappa shape index (κ3) is 3.92. The molecule has 1 aromatic heterocycles. The zero-order valence-corrected chi connectivity index (χ0v) is 10.5. The summed E-state index contributed by atoms with van der Waals surface area (Å²) < 4.78 is 1.03. The minimum absolute atomic E-state index is 1.03. The minimum atomic E-state index is 1.03. The Kier molecular flexibility index (Phi) is 5.27. The van der Waals surface area contributed by atoms with Crippen molar-refractivity contribution in [3.63, 3.8) is 0 Å². The molecule has 1 heterocycles. The van der Waals surface area contributed by atoms with Gasteiger partial charge in [0.1, 0.15) is 0 Å². The maximum Gasteiger partial charge on any atom is 0.0960 e. The molecular formula is C8H9Br2NS. The number of halogens is 2. The van der Waals surface area contributed by atoms with E-state index in [1.54, 1.807) is 11.8 Å². The van der Waals surface area contributed by atoms with Crippen LogP contribution >= 0.6 is 43.6 Å². The van der Waals surface area contributed by atoms with Crippen molar-refractivity contribution in [2.75, 3.05) is 11.1 Å². The Balaban J connectivity index is 2.37. The van der Waals surface area contributed by atoms with Crippen molar-refractivity contribution >= 4 is 43.6 Å². The van der Waals surface area contributed by atoms with Crippen LogP contribution in [0.4, 0.5) is 0 Å². The topological polar surface area (TPSA) is 12.9 Å².